The number of hydrogen-bond acceptors (Lipinski definition) is 4. The topological polar surface area (TPSA) is 36.0 Å². The number of fused-ring (bicyclic) bond motifs is 2. The summed E-state index contributed by atoms with van der Waals surface area (Å²) in [5.41, 5.74) is 3.01. The molecule has 0 aromatic heterocycles. The second-order valence-electron chi connectivity index (χ2n) is 9.09. The van der Waals surface area contributed by atoms with Crippen molar-refractivity contribution < 1.29 is 9.53 Å². The molecule has 3 atom stereocenters. The summed E-state index contributed by atoms with van der Waals surface area (Å²) in [6.07, 6.45) is 6.82. The fourth-order valence-electron chi connectivity index (χ4n) is 5.69. The Bertz CT molecular complexity index is 940. The highest BCUT2D eigenvalue weighted by atomic mass is 16.5. The van der Waals surface area contributed by atoms with Crippen LogP contribution in [-0.4, -0.2) is 60.6 Å². The molecule has 2 bridgehead atoms. The summed E-state index contributed by atoms with van der Waals surface area (Å²) in [4.78, 5) is 19.8. The van der Waals surface area contributed by atoms with Gasteiger partial charge in [0, 0.05) is 60.8 Å². The Morgan fingerprint density at radius 3 is 2.30 bits per heavy atom. The predicted molar refractivity (Wildman–Crippen MR) is 136 cm³/mol. The Hall–Kier alpha value is -2.79. The first kappa shape index (κ1) is 23.4. The normalized spacial score (nSPS) is 22.1. The van der Waals surface area contributed by atoms with Gasteiger partial charge in [0.25, 0.3) is 5.91 Å². The number of hydrogen-bond donors (Lipinski definition) is 0. The maximum atomic E-state index is 12.8. The van der Waals surface area contributed by atoms with E-state index in [-0.39, 0.29) is 5.91 Å². The van der Waals surface area contributed by atoms with Crippen molar-refractivity contribution in [2.45, 2.75) is 57.7 Å². The lowest BCUT2D eigenvalue weighted by atomic mass is 9.94. The van der Waals surface area contributed by atoms with Crippen molar-refractivity contribution in [2.75, 3.05) is 31.6 Å². The van der Waals surface area contributed by atoms with E-state index in [9.17, 15) is 4.79 Å². The third kappa shape index (κ3) is 4.79. The zero-order valence-electron chi connectivity index (χ0n) is 20.2. The van der Waals surface area contributed by atoms with Crippen LogP contribution >= 0.6 is 0 Å². The monoisotopic (exact) mass is 447 g/mol. The van der Waals surface area contributed by atoms with Gasteiger partial charge >= 0.3 is 0 Å². The summed E-state index contributed by atoms with van der Waals surface area (Å²) < 4.78 is 5.54. The van der Waals surface area contributed by atoms with E-state index >= 15 is 0 Å². The van der Waals surface area contributed by atoms with Crippen LogP contribution in [0.5, 0.6) is 5.75 Å². The van der Waals surface area contributed by atoms with Gasteiger partial charge in [0.2, 0.25) is 0 Å². The summed E-state index contributed by atoms with van der Waals surface area (Å²) >= 11 is 0. The number of methoxy groups -OCH3 is 1. The van der Waals surface area contributed by atoms with Crippen molar-refractivity contribution in [3.8, 4) is 5.75 Å². The molecule has 5 nitrogen and oxygen atoms in total. The van der Waals surface area contributed by atoms with Crippen molar-refractivity contribution in [3.63, 3.8) is 0 Å². The molecule has 2 saturated heterocycles. The highest BCUT2D eigenvalue weighted by Gasteiger charge is 2.42. The number of rotatable bonds is 9. The van der Waals surface area contributed by atoms with Crippen molar-refractivity contribution in [1.82, 2.24) is 9.80 Å². The van der Waals surface area contributed by atoms with E-state index < -0.39 is 0 Å². The van der Waals surface area contributed by atoms with E-state index in [0.29, 0.717) is 18.1 Å². The minimum atomic E-state index is 0.0928. The minimum absolute atomic E-state index is 0.0928. The van der Waals surface area contributed by atoms with E-state index in [1.165, 1.54) is 12.8 Å². The molecule has 2 aromatic carbocycles. The predicted octanol–water partition coefficient (Wildman–Crippen LogP) is 5.50. The Balaban J connectivity index is 1.66. The molecule has 5 heteroatoms. The molecule has 2 aromatic rings. The SMILES string of the molecule is C=CCN1[C@@H]2CC[C@H]1CC(N(c1ccc(C(=O)N(CC)CC)cc1)c1cccc(OC)c1)C2. The van der Waals surface area contributed by atoms with Crippen LogP contribution in [-0.2, 0) is 0 Å². The summed E-state index contributed by atoms with van der Waals surface area (Å²) in [6, 6.07) is 18.1. The number of carbonyl (C=O) groups excluding carboxylic acids is 1. The fraction of sp³-hybridized carbons (Fsp3) is 0.464. The lowest BCUT2D eigenvalue weighted by molar-refractivity contribution is 0.0773. The number of benzene rings is 2. The van der Waals surface area contributed by atoms with Crippen LogP contribution in [0, 0.1) is 0 Å². The zero-order valence-corrected chi connectivity index (χ0v) is 20.2. The van der Waals surface area contributed by atoms with E-state index in [4.69, 9.17) is 4.74 Å². The second kappa shape index (κ2) is 10.4. The van der Waals surface area contributed by atoms with Crippen LogP contribution in [0.2, 0.25) is 0 Å². The average Bonchev–Trinajstić information content (AvgIpc) is 3.08. The van der Waals surface area contributed by atoms with Crippen LogP contribution in [0.4, 0.5) is 11.4 Å². The highest BCUT2D eigenvalue weighted by Crippen LogP contribution is 2.42. The molecule has 0 N–H and O–H groups in total. The molecule has 33 heavy (non-hydrogen) atoms. The van der Waals surface area contributed by atoms with E-state index in [1.54, 1.807) is 7.11 Å². The fourth-order valence-corrected chi connectivity index (χ4v) is 5.69. The molecule has 1 unspecified atom stereocenters. The number of amides is 1. The number of carbonyl (C=O) groups is 1. The van der Waals surface area contributed by atoms with Crippen LogP contribution in [0.25, 0.3) is 0 Å². The number of piperidine rings is 1. The molecule has 176 valence electrons. The van der Waals surface area contributed by atoms with Gasteiger partial charge in [-0.3, -0.25) is 9.69 Å². The van der Waals surface area contributed by atoms with E-state index in [1.807, 2.05) is 43.0 Å². The van der Waals surface area contributed by atoms with Gasteiger partial charge in [0.1, 0.15) is 5.75 Å². The Labute approximate surface area is 198 Å². The molecule has 1 amide bonds. The first-order valence-corrected chi connectivity index (χ1v) is 12.3. The summed E-state index contributed by atoms with van der Waals surface area (Å²) in [6.45, 7) is 10.4. The van der Waals surface area contributed by atoms with Crippen LogP contribution in [0.15, 0.2) is 61.2 Å². The van der Waals surface area contributed by atoms with Gasteiger partial charge in [-0.15, -0.1) is 6.58 Å². The maximum absolute atomic E-state index is 12.8. The van der Waals surface area contributed by atoms with Gasteiger partial charge in [0.15, 0.2) is 0 Å². The molecule has 2 heterocycles. The first-order chi connectivity index (χ1) is 16.1. The van der Waals surface area contributed by atoms with Gasteiger partial charge in [-0.05, 0) is 75.9 Å². The molecule has 4 rings (SSSR count). The zero-order chi connectivity index (χ0) is 23.4. The number of anilines is 2. The molecular formula is C28H37N3O2. The van der Waals surface area contributed by atoms with Gasteiger partial charge < -0.3 is 14.5 Å². The lowest BCUT2D eigenvalue weighted by Crippen LogP contribution is -2.49. The summed E-state index contributed by atoms with van der Waals surface area (Å²) in [5, 5.41) is 0. The third-order valence-corrected chi connectivity index (χ3v) is 7.34. The standard InChI is InChI=1S/C28H37N3O2/c1-5-17-30-23-15-16-24(30)19-26(18-23)31(25-9-8-10-27(20-25)33-4)22-13-11-21(12-14-22)28(32)29(6-2)7-3/h5,8-14,20,23-24,26H,1,6-7,15-19H2,2-4H3/t23-,24+,26?. The van der Waals surface area contributed by atoms with Crippen LogP contribution < -0.4 is 9.64 Å². The van der Waals surface area contributed by atoms with Crippen molar-refractivity contribution >= 4 is 17.3 Å². The average molecular weight is 448 g/mol. The maximum Gasteiger partial charge on any atom is 0.253 e. The molecular weight excluding hydrogens is 410 g/mol. The van der Waals surface area contributed by atoms with Crippen molar-refractivity contribution in [1.29, 1.82) is 0 Å². The smallest absolute Gasteiger partial charge is 0.253 e. The van der Waals surface area contributed by atoms with Crippen molar-refractivity contribution in [3.05, 3.63) is 66.7 Å². The molecule has 2 aliphatic rings. The number of ether oxygens (including phenoxy) is 1. The van der Waals surface area contributed by atoms with E-state index in [0.717, 1.165) is 55.2 Å². The molecule has 2 aliphatic heterocycles. The van der Waals surface area contributed by atoms with Gasteiger partial charge in [-0.2, -0.15) is 0 Å². The molecule has 0 saturated carbocycles. The molecule has 0 aliphatic carbocycles. The summed E-state index contributed by atoms with van der Waals surface area (Å²) in [7, 11) is 1.71. The minimum Gasteiger partial charge on any atom is -0.497 e. The number of nitrogens with zero attached hydrogens (tertiary/aromatic N) is 3. The van der Waals surface area contributed by atoms with Gasteiger partial charge in [0.05, 0.1) is 7.11 Å². The Morgan fingerprint density at radius 1 is 1.06 bits per heavy atom. The Kier molecular flexibility index (Phi) is 7.39. The largest absolute Gasteiger partial charge is 0.497 e. The van der Waals surface area contributed by atoms with Crippen LogP contribution in [0.1, 0.15) is 49.9 Å². The quantitative estimate of drug-likeness (QED) is 0.476. The molecule has 0 radical (unpaired) electrons. The van der Waals surface area contributed by atoms with Gasteiger partial charge in [-0.1, -0.05) is 12.1 Å². The van der Waals surface area contributed by atoms with Gasteiger partial charge in [-0.25, -0.2) is 0 Å². The van der Waals surface area contributed by atoms with Crippen molar-refractivity contribution in [2.24, 2.45) is 0 Å². The molecule has 2 fully saturated rings. The van der Waals surface area contributed by atoms with Crippen LogP contribution in [0.3, 0.4) is 0 Å². The second-order valence-corrected chi connectivity index (χ2v) is 9.09. The Morgan fingerprint density at radius 2 is 1.73 bits per heavy atom. The first-order valence-electron chi connectivity index (χ1n) is 12.3. The van der Waals surface area contributed by atoms with E-state index in [2.05, 4.69) is 46.7 Å². The lowest BCUT2D eigenvalue weighted by Gasteiger charge is -2.44. The summed E-state index contributed by atoms with van der Waals surface area (Å²) in [5.74, 6) is 0.952. The highest BCUT2D eigenvalue weighted by molar-refractivity contribution is 5.94. The molecule has 0 spiro atoms. The third-order valence-electron chi connectivity index (χ3n) is 7.34.